The van der Waals surface area contributed by atoms with Crippen molar-refractivity contribution in [2.24, 2.45) is 16.2 Å². The third kappa shape index (κ3) is 11.6. The lowest BCUT2D eigenvalue weighted by atomic mass is 9.67. The zero-order valence-electron chi connectivity index (χ0n) is 19.1. The zero-order valence-corrected chi connectivity index (χ0v) is 19.1. The summed E-state index contributed by atoms with van der Waals surface area (Å²) < 4.78 is 11.8. The summed E-state index contributed by atoms with van der Waals surface area (Å²) in [6.07, 6.45) is 2.31. The van der Waals surface area contributed by atoms with E-state index in [-0.39, 0.29) is 22.4 Å². The fourth-order valence-corrected chi connectivity index (χ4v) is 3.58. The van der Waals surface area contributed by atoms with E-state index < -0.39 is 11.0 Å². The molecule has 25 heavy (non-hydrogen) atoms. The molecule has 0 N–H and O–H groups in total. The SMILES string of the molecule is CC(C)(C)CC(C)(CC(C)(C)C)C(=O)OC(C)(C)CCOC(C)(C)C. The molecule has 0 aliphatic rings. The van der Waals surface area contributed by atoms with Gasteiger partial charge in [-0.3, -0.25) is 4.79 Å². The summed E-state index contributed by atoms with van der Waals surface area (Å²) in [5, 5.41) is 0. The summed E-state index contributed by atoms with van der Waals surface area (Å²) in [6, 6.07) is 0. The van der Waals surface area contributed by atoms with Gasteiger partial charge in [-0.25, -0.2) is 0 Å². The van der Waals surface area contributed by atoms with Crippen LogP contribution in [-0.4, -0.2) is 23.8 Å². The highest BCUT2D eigenvalue weighted by Gasteiger charge is 2.43. The standard InChI is InChI=1S/C22H44O3/c1-18(2,3)15-22(12,16-19(4,5)6)17(23)25-21(10,11)13-14-24-20(7,8)9/h13-16H2,1-12H3. The first-order chi connectivity index (χ1) is 10.7. The van der Waals surface area contributed by atoms with E-state index in [1.54, 1.807) is 0 Å². The summed E-state index contributed by atoms with van der Waals surface area (Å²) in [6.45, 7) is 25.8. The fraction of sp³-hybridized carbons (Fsp3) is 0.955. The number of esters is 1. The molecule has 0 aromatic heterocycles. The third-order valence-electron chi connectivity index (χ3n) is 3.94. The Morgan fingerprint density at radius 1 is 0.720 bits per heavy atom. The Bertz CT molecular complexity index is 412. The van der Waals surface area contributed by atoms with E-state index in [9.17, 15) is 4.79 Å². The van der Waals surface area contributed by atoms with Crippen LogP contribution < -0.4 is 0 Å². The minimum absolute atomic E-state index is 0.0680. The number of carbonyl (C=O) groups is 1. The van der Waals surface area contributed by atoms with Gasteiger partial charge in [-0.2, -0.15) is 0 Å². The van der Waals surface area contributed by atoms with Gasteiger partial charge in [0.2, 0.25) is 0 Å². The van der Waals surface area contributed by atoms with E-state index in [2.05, 4.69) is 48.5 Å². The highest BCUT2D eigenvalue weighted by molar-refractivity contribution is 5.77. The van der Waals surface area contributed by atoms with Gasteiger partial charge in [-0.15, -0.1) is 0 Å². The first-order valence-corrected chi connectivity index (χ1v) is 9.62. The minimum atomic E-state index is -0.528. The topological polar surface area (TPSA) is 35.5 Å². The normalized spacial score (nSPS) is 14.6. The maximum absolute atomic E-state index is 13.1. The third-order valence-corrected chi connectivity index (χ3v) is 3.94. The van der Waals surface area contributed by atoms with E-state index in [0.29, 0.717) is 13.0 Å². The quantitative estimate of drug-likeness (QED) is 0.496. The highest BCUT2D eigenvalue weighted by Crippen LogP contribution is 2.43. The van der Waals surface area contributed by atoms with E-state index in [1.807, 2.05) is 34.6 Å². The molecule has 0 unspecified atom stereocenters. The Morgan fingerprint density at radius 3 is 1.44 bits per heavy atom. The summed E-state index contributed by atoms with van der Waals surface area (Å²) in [7, 11) is 0. The van der Waals surface area contributed by atoms with Crippen LogP contribution in [-0.2, 0) is 14.3 Å². The number of carbonyl (C=O) groups excluding carboxylic acids is 1. The van der Waals surface area contributed by atoms with Crippen LogP contribution in [0.25, 0.3) is 0 Å². The molecule has 0 heterocycles. The van der Waals surface area contributed by atoms with Crippen molar-refractivity contribution in [1.29, 1.82) is 0 Å². The lowest BCUT2D eigenvalue weighted by molar-refractivity contribution is -0.174. The molecule has 0 amide bonds. The molecule has 0 atom stereocenters. The number of ether oxygens (including phenoxy) is 2. The molecule has 0 spiro atoms. The van der Waals surface area contributed by atoms with Gasteiger partial charge in [0.05, 0.1) is 17.6 Å². The Hall–Kier alpha value is -0.570. The molecule has 0 bridgehead atoms. The molecule has 3 nitrogen and oxygen atoms in total. The van der Waals surface area contributed by atoms with Gasteiger partial charge < -0.3 is 9.47 Å². The van der Waals surface area contributed by atoms with Gasteiger partial charge in [0.15, 0.2) is 0 Å². The lowest BCUT2D eigenvalue weighted by Crippen LogP contribution is -2.42. The fourth-order valence-electron chi connectivity index (χ4n) is 3.58. The molecule has 0 saturated carbocycles. The zero-order chi connectivity index (χ0) is 20.3. The van der Waals surface area contributed by atoms with E-state index in [4.69, 9.17) is 9.47 Å². The van der Waals surface area contributed by atoms with Crippen molar-refractivity contribution in [3.05, 3.63) is 0 Å². The second-order valence-corrected chi connectivity index (χ2v) is 11.9. The number of hydrogen-bond acceptors (Lipinski definition) is 3. The average Bonchev–Trinajstić information content (AvgIpc) is 2.19. The maximum Gasteiger partial charge on any atom is 0.312 e. The largest absolute Gasteiger partial charge is 0.459 e. The predicted molar refractivity (Wildman–Crippen MR) is 107 cm³/mol. The highest BCUT2D eigenvalue weighted by atomic mass is 16.6. The Labute approximate surface area is 157 Å². The van der Waals surface area contributed by atoms with Crippen LogP contribution in [0, 0.1) is 16.2 Å². The van der Waals surface area contributed by atoms with E-state index >= 15 is 0 Å². The first-order valence-electron chi connectivity index (χ1n) is 9.62. The molecule has 150 valence electrons. The van der Waals surface area contributed by atoms with Gasteiger partial charge in [0.25, 0.3) is 0 Å². The number of rotatable bonds is 7. The Kier molecular flexibility index (Phi) is 7.80. The molecule has 0 aliphatic carbocycles. The summed E-state index contributed by atoms with van der Waals surface area (Å²) >= 11 is 0. The van der Waals surface area contributed by atoms with Crippen LogP contribution in [0.1, 0.15) is 102 Å². The summed E-state index contributed by atoms with van der Waals surface area (Å²) in [5.74, 6) is -0.0851. The van der Waals surface area contributed by atoms with Crippen molar-refractivity contribution in [2.75, 3.05) is 6.61 Å². The van der Waals surface area contributed by atoms with E-state index in [0.717, 1.165) is 12.8 Å². The van der Waals surface area contributed by atoms with Crippen LogP contribution in [0.5, 0.6) is 0 Å². The second kappa shape index (κ2) is 7.98. The molecule has 3 heteroatoms. The molecule has 0 aromatic rings. The molecule has 0 aromatic carbocycles. The summed E-state index contributed by atoms with van der Waals surface area (Å²) in [4.78, 5) is 13.1. The van der Waals surface area contributed by atoms with E-state index in [1.165, 1.54) is 0 Å². The van der Waals surface area contributed by atoms with Crippen LogP contribution in [0.15, 0.2) is 0 Å². The molecule has 0 radical (unpaired) electrons. The van der Waals surface area contributed by atoms with Crippen molar-refractivity contribution in [3.8, 4) is 0 Å². The maximum atomic E-state index is 13.1. The molecule has 0 saturated heterocycles. The molecule has 0 rings (SSSR count). The van der Waals surface area contributed by atoms with Crippen molar-refractivity contribution in [3.63, 3.8) is 0 Å². The van der Waals surface area contributed by atoms with Crippen LogP contribution in [0.3, 0.4) is 0 Å². The van der Waals surface area contributed by atoms with Crippen molar-refractivity contribution < 1.29 is 14.3 Å². The molecule has 0 fully saturated rings. The molecule has 0 aliphatic heterocycles. The van der Waals surface area contributed by atoms with Crippen molar-refractivity contribution in [1.82, 2.24) is 0 Å². The Balaban J connectivity index is 5.12. The van der Waals surface area contributed by atoms with Crippen molar-refractivity contribution >= 4 is 5.97 Å². The van der Waals surface area contributed by atoms with Gasteiger partial charge >= 0.3 is 5.97 Å². The minimum Gasteiger partial charge on any atom is -0.459 e. The molecular weight excluding hydrogens is 312 g/mol. The second-order valence-electron chi connectivity index (χ2n) is 11.9. The Morgan fingerprint density at radius 2 is 1.12 bits per heavy atom. The van der Waals surface area contributed by atoms with Gasteiger partial charge in [-0.1, -0.05) is 41.5 Å². The van der Waals surface area contributed by atoms with Crippen LogP contribution in [0.4, 0.5) is 0 Å². The summed E-state index contributed by atoms with van der Waals surface area (Å²) in [5.41, 5.74) is -1.05. The smallest absolute Gasteiger partial charge is 0.312 e. The lowest BCUT2D eigenvalue weighted by Gasteiger charge is -2.40. The average molecular weight is 357 g/mol. The van der Waals surface area contributed by atoms with Gasteiger partial charge in [0.1, 0.15) is 5.60 Å². The van der Waals surface area contributed by atoms with Gasteiger partial charge in [-0.05, 0) is 65.2 Å². The first kappa shape index (κ1) is 24.4. The number of hydrogen-bond donors (Lipinski definition) is 0. The van der Waals surface area contributed by atoms with Gasteiger partial charge in [0, 0.05) is 6.42 Å². The van der Waals surface area contributed by atoms with Crippen LogP contribution >= 0.6 is 0 Å². The van der Waals surface area contributed by atoms with Crippen LogP contribution in [0.2, 0.25) is 0 Å². The van der Waals surface area contributed by atoms with Crippen molar-refractivity contribution in [2.45, 2.75) is 114 Å². The predicted octanol–water partition coefficient (Wildman–Crippen LogP) is 6.39. The molecular formula is C22H44O3. The monoisotopic (exact) mass is 356 g/mol.